The van der Waals surface area contributed by atoms with Crippen LogP contribution in [0.2, 0.25) is 10.0 Å². The van der Waals surface area contributed by atoms with Gasteiger partial charge in [-0.2, -0.15) is 5.10 Å². The van der Waals surface area contributed by atoms with E-state index in [9.17, 15) is 4.79 Å². The van der Waals surface area contributed by atoms with E-state index in [1.807, 2.05) is 14.1 Å². The Bertz CT molecular complexity index is 673. The van der Waals surface area contributed by atoms with E-state index in [4.69, 9.17) is 27.9 Å². The Morgan fingerprint density at radius 3 is 2.91 bits per heavy atom. The molecule has 0 fully saturated rings. The van der Waals surface area contributed by atoms with Crippen molar-refractivity contribution in [2.24, 2.45) is 0 Å². The summed E-state index contributed by atoms with van der Waals surface area (Å²) in [6.45, 7) is 1.45. The normalized spacial score (nSPS) is 10.8. The summed E-state index contributed by atoms with van der Waals surface area (Å²) in [7, 11) is 3.98. The lowest BCUT2D eigenvalue weighted by Gasteiger charge is -2.09. The summed E-state index contributed by atoms with van der Waals surface area (Å²) in [4.78, 5) is 14.0. The quantitative estimate of drug-likeness (QED) is 0.828. The average molecular weight is 357 g/mol. The minimum Gasteiger partial charge on any atom is -0.482 e. The zero-order valence-electron chi connectivity index (χ0n) is 12.9. The third-order valence-corrected chi connectivity index (χ3v) is 3.49. The minimum atomic E-state index is -0.298. The van der Waals surface area contributed by atoms with E-state index in [2.05, 4.69) is 15.3 Å². The van der Waals surface area contributed by atoms with Crippen LogP contribution in [0, 0.1) is 0 Å². The van der Waals surface area contributed by atoms with Crippen LogP contribution in [0.25, 0.3) is 0 Å². The van der Waals surface area contributed by atoms with Crippen LogP contribution in [0.5, 0.6) is 5.75 Å². The van der Waals surface area contributed by atoms with Gasteiger partial charge in [0.1, 0.15) is 5.75 Å². The lowest BCUT2D eigenvalue weighted by Crippen LogP contribution is -2.20. The highest BCUT2D eigenvalue weighted by molar-refractivity contribution is 6.34. The molecule has 0 saturated heterocycles. The van der Waals surface area contributed by atoms with Gasteiger partial charge in [-0.15, -0.1) is 0 Å². The van der Waals surface area contributed by atoms with Crippen molar-refractivity contribution in [2.75, 3.05) is 32.6 Å². The second-order valence-electron chi connectivity index (χ2n) is 5.21. The SMILES string of the molecule is CN(C)CCn1cc(NC(=O)COc2cc(Cl)ccc2Cl)cn1. The number of nitrogens with one attached hydrogen (secondary N) is 1. The first-order valence-corrected chi connectivity index (χ1v) is 7.74. The van der Waals surface area contributed by atoms with Crippen molar-refractivity contribution in [1.82, 2.24) is 14.7 Å². The van der Waals surface area contributed by atoms with Gasteiger partial charge in [0.2, 0.25) is 0 Å². The van der Waals surface area contributed by atoms with Crippen LogP contribution in [-0.2, 0) is 11.3 Å². The maximum absolute atomic E-state index is 11.9. The Labute approximate surface area is 144 Å². The summed E-state index contributed by atoms with van der Waals surface area (Å²) in [5, 5.41) is 7.79. The highest BCUT2D eigenvalue weighted by Crippen LogP contribution is 2.27. The Morgan fingerprint density at radius 2 is 2.17 bits per heavy atom. The number of amides is 1. The van der Waals surface area contributed by atoms with Crippen LogP contribution in [0.1, 0.15) is 0 Å². The fourth-order valence-corrected chi connectivity index (χ4v) is 2.12. The number of anilines is 1. The molecule has 1 heterocycles. The molecule has 2 aromatic rings. The van der Waals surface area contributed by atoms with Gasteiger partial charge >= 0.3 is 0 Å². The van der Waals surface area contributed by atoms with Gasteiger partial charge in [-0.1, -0.05) is 23.2 Å². The summed E-state index contributed by atoms with van der Waals surface area (Å²) in [5.41, 5.74) is 0.620. The predicted octanol–water partition coefficient (Wildman–Crippen LogP) is 2.77. The molecule has 0 bridgehead atoms. The largest absolute Gasteiger partial charge is 0.482 e. The number of carbonyl (C=O) groups excluding carboxylic acids is 1. The van der Waals surface area contributed by atoms with E-state index in [1.54, 1.807) is 35.3 Å². The number of aromatic nitrogens is 2. The first-order valence-electron chi connectivity index (χ1n) is 6.99. The monoisotopic (exact) mass is 356 g/mol. The molecule has 0 saturated carbocycles. The second kappa shape index (κ2) is 8.19. The molecule has 0 unspecified atom stereocenters. The molecular weight excluding hydrogens is 339 g/mol. The third-order valence-electron chi connectivity index (χ3n) is 2.95. The van der Waals surface area contributed by atoms with Crippen molar-refractivity contribution >= 4 is 34.8 Å². The number of hydrogen-bond acceptors (Lipinski definition) is 4. The van der Waals surface area contributed by atoms with Crippen molar-refractivity contribution in [3.8, 4) is 5.75 Å². The van der Waals surface area contributed by atoms with Crippen molar-refractivity contribution in [3.05, 3.63) is 40.6 Å². The van der Waals surface area contributed by atoms with Crippen LogP contribution >= 0.6 is 23.2 Å². The van der Waals surface area contributed by atoms with E-state index in [-0.39, 0.29) is 12.5 Å². The van der Waals surface area contributed by atoms with Crippen molar-refractivity contribution < 1.29 is 9.53 Å². The van der Waals surface area contributed by atoms with Crippen molar-refractivity contribution in [3.63, 3.8) is 0 Å². The minimum absolute atomic E-state index is 0.164. The molecule has 0 spiro atoms. The summed E-state index contributed by atoms with van der Waals surface area (Å²) in [6.07, 6.45) is 3.37. The van der Waals surface area contributed by atoms with E-state index >= 15 is 0 Å². The smallest absolute Gasteiger partial charge is 0.262 e. The van der Waals surface area contributed by atoms with Gasteiger partial charge in [0.05, 0.1) is 23.5 Å². The first-order chi connectivity index (χ1) is 10.9. The van der Waals surface area contributed by atoms with Crippen molar-refractivity contribution in [1.29, 1.82) is 0 Å². The number of carbonyl (C=O) groups is 1. The predicted molar refractivity (Wildman–Crippen MR) is 91.4 cm³/mol. The number of likely N-dealkylation sites (N-methyl/N-ethyl adjacent to an activating group) is 1. The average Bonchev–Trinajstić information content (AvgIpc) is 2.93. The van der Waals surface area contributed by atoms with Crippen molar-refractivity contribution in [2.45, 2.75) is 6.54 Å². The lowest BCUT2D eigenvalue weighted by molar-refractivity contribution is -0.118. The Kier molecular flexibility index (Phi) is 6.27. The number of rotatable bonds is 7. The Hall–Kier alpha value is -1.76. The van der Waals surface area contributed by atoms with Gasteiger partial charge in [0, 0.05) is 23.8 Å². The summed E-state index contributed by atoms with van der Waals surface area (Å²) in [6, 6.07) is 4.83. The zero-order chi connectivity index (χ0) is 16.8. The fourth-order valence-electron chi connectivity index (χ4n) is 1.78. The van der Waals surface area contributed by atoms with E-state index in [0.29, 0.717) is 21.5 Å². The first kappa shape index (κ1) is 17.6. The molecule has 1 N–H and O–H groups in total. The van der Waals surface area contributed by atoms with Crippen LogP contribution < -0.4 is 10.1 Å². The summed E-state index contributed by atoms with van der Waals surface area (Å²) >= 11 is 11.8. The molecule has 0 aliphatic rings. The molecule has 0 aliphatic heterocycles. The van der Waals surface area contributed by atoms with Gasteiger partial charge in [-0.25, -0.2) is 0 Å². The molecule has 1 aromatic carbocycles. The lowest BCUT2D eigenvalue weighted by atomic mass is 10.3. The van der Waals surface area contributed by atoms with Gasteiger partial charge in [-0.3, -0.25) is 9.48 Å². The van der Waals surface area contributed by atoms with Gasteiger partial charge in [-0.05, 0) is 26.2 Å². The molecule has 0 aliphatic carbocycles. The van der Waals surface area contributed by atoms with Gasteiger partial charge in [0.15, 0.2) is 6.61 Å². The third kappa shape index (κ3) is 5.74. The Morgan fingerprint density at radius 1 is 1.39 bits per heavy atom. The number of halogens is 2. The summed E-state index contributed by atoms with van der Waals surface area (Å²) < 4.78 is 7.14. The van der Waals surface area contributed by atoms with E-state index in [1.165, 1.54) is 0 Å². The molecule has 8 heteroatoms. The molecular formula is C15H18Cl2N4O2. The molecule has 1 amide bonds. The maximum atomic E-state index is 11.9. The van der Waals surface area contributed by atoms with E-state index < -0.39 is 0 Å². The van der Waals surface area contributed by atoms with Crippen LogP contribution in [0.4, 0.5) is 5.69 Å². The van der Waals surface area contributed by atoms with Crippen LogP contribution in [-0.4, -0.2) is 47.8 Å². The number of benzene rings is 1. The van der Waals surface area contributed by atoms with E-state index in [0.717, 1.165) is 13.1 Å². The van der Waals surface area contributed by atoms with Crippen LogP contribution in [0.3, 0.4) is 0 Å². The zero-order valence-corrected chi connectivity index (χ0v) is 14.4. The molecule has 6 nitrogen and oxygen atoms in total. The molecule has 2 rings (SSSR count). The molecule has 124 valence electrons. The number of nitrogens with zero attached hydrogens (tertiary/aromatic N) is 3. The van der Waals surface area contributed by atoms with Crippen LogP contribution in [0.15, 0.2) is 30.6 Å². The second-order valence-corrected chi connectivity index (χ2v) is 6.05. The molecule has 1 aromatic heterocycles. The topological polar surface area (TPSA) is 59.4 Å². The fraction of sp³-hybridized carbons (Fsp3) is 0.333. The highest BCUT2D eigenvalue weighted by atomic mass is 35.5. The van der Waals surface area contributed by atoms with Gasteiger partial charge in [0.25, 0.3) is 5.91 Å². The molecule has 0 atom stereocenters. The number of hydrogen-bond donors (Lipinski definition) is 1. The van der Waals surface area contributed by atoms with Gasteiger partial charge < -0.3 is 15.0 Å². The molecule has 0 radical (unpaired) electrons. The number of ether oxygens (including phenoxy) is 1. The standard InChI is InChI=1S/C15H18Cl2N4O2/c1-20(2)5-6-21-9-12(8-18-21)19-15(22)10-23-14-7-11(16)3-4-13(14)17/h3-4,7-9H,5-6,10H2,1-2H3,(H,19,22). The summed E-state index contributed by atoms with van der Waals surface area (Å²) in [5.74, 6) is 0.0733. The highest BCUT2D eigenvalue weighted by Gasteiger charge is 2.08. The Balaban J connectivity index is 1.84. The maximum Gasteiger partial charge on any atom is 0.262 e. The molecule has 23 heavy (non-hydrogen) atoms.